The van der Waals surface area contributed by atoms with Crippen molar-refractivity contribution >= 4 is 5.84 Å². The van der Waals surface area contributed by atoms with Gasteiger partial charge in [0.2, 0.25) is 0 Å². The Hall–Kier alpha value is -2.25. The van der Waals surface area contributed by atoms with Gasteiger partial charge in [-0.25, -0.2) is 4.99 Å². The van der Waals surface area contributed by atoms with E-state index in [-0.39, 0.29) is 0 Å². The van der Waals surface area contributed by atoms with Crippen LogP contribution < -0.4 is 25.8 Å². The highest BCUT2D eigenvalue weighted by Crippen LogP contribution is 2.37. The van der Waals surface area contributed by atoms with E-state index < -0.39 is 5.79 Å². The third-order valence-corrected chi connectivity index (χ3v) is 7.25. The Balaban J connectivity index is 1.39. The van der Waals surface area contributed by atoms with E-state index >= 15 is 0 Å². The molecule has 1 aliphatic heterocycles. The van der Waals surface area contributed by atoms with Crippen LogP contribution in [0.4, 0.5) is 0 Å². The number of nitrogens with zero attached hydrogens (tertiary/aromatic N) is 2. The average Bonchev–Trinajstić information content (AvgIpc) is 2.82. The predicted octanol–water partition coefficient (Wildman–Crippen LogP) is 3.36. The number of likely N-dealkylation sites (N-methyl/N-ethyl adjacent to an activating group) is 1. The molecule has 7 heteroatoms. The third kappa shape index (κ3) is 4.59. The van der Waals surface area contributed by atoms with Crippen molar-refractivity contribution in [2.24, 2.45) is 16.6 Å². The van der Waals surface area contributed by atoms with Gasteiger partial charge < -0.3 is 25.0 Å². The number of methoxy groups -OCH3 is 2. The predicted molar refractivity (Wildman–Crippen MR) is 129 cm³/mol. The Bertz CT molecular complexity index is 851. The lowest BCUT2D eigenvalue weighted by molar-refractivity contribution is 0.160. The van der Waals surface area contributed by atoms with Crippen molar-refractivity contribution < 1.29 is 9.47 Å². The third-order valence-electron chi connectivity index (χ3n) is 7.25. The Morgan fingerprint density at radius 2 is 1.75 bits per heavy atom. The quantitative estimate of drug-likeness (QED) is 0.628. The highest BCUT2D eigenvalue weighted by molar-refractivity contribution is 5.99. The van der Waals surface area contributed by atoms with Crippen LogP contribution in [-0.2, 0) is 6.54 Å². The lowest BCUT2D eigenvalue weighted by Crippen LogP contribution is -2.61. The zero-order valence-electron chi connectivity index (χ0n) is 20.0. The van der Waals surface area contributed by atoms with E-state index in [4.69, 9.17) is 20.2 Å². The summed E-state index contributed by atoms with van der Waals surface area (Å²) in [7, 11) is 7.57. The fourth-order valence-corrected chi connectivity index (χ4v) is 5.45. The summed E-state index contributed by atoms with van der Waals surface area (Å²) in [6.45, 7) is 0.730. The highest BCUT2D eigenvalue weighted by Gasteiger charge is 2.42. The Kier molecular flexibility index (Phi) is 6.96. The first-order chi connectivity index (χ1) is 15.4. The molecule has 1 atom stereocenters. The SMILES string of the molecule is COc1cccc(OC)c1CNC1CCC(C2(N)N=C(N(C)C)C3=C(CCCC3)N2)CC1. The summed E-state index contributed by atoms with van der Waals surface area (Å²) >= 11 is 0. The summed E-state index contributed by atoms with van der Waals surface area (Å²) in [4.78, 5) is 7.22. The van der Waals surface area contributed by atoms with E-state index in [1.54, 1.807) is 14.2 Å². The van der Waals surface area contributed by atoms with Crippen LogP contribution in [0, 0.1) is 5.92 Å². The Morgan fingerprint density at radius 3 is 2.38 bits per heavy atom. The number of benzene rings is 1. The van der Waals surface area contributed by atoms with Crippen molar-refractivity contribution in [3.05, 3.63) is 35.0 Å². The Morgan fingerprint density at radius 1 is 1.09 bits per heavy atom. The van der Waals surface area contributed by atoms with Crippen LogP contribution in [-0.4, -0.2) is 50.9 Å². The molecule has 1 fully saturated rings. The molecule has 7 nitrogen and oxygen atoms in total. The van der Waals surface area contributed by atoms with Gasteiger partial charge in [0.15, 0.2) is 5.79 Å². The van der Waals surface area contributed by atoms with Gasteiger partial charge in [0.25, 0.3) is 0 Å². The van der Waals surface area contributed by atoms with E-state index in [9.17, 15) is 0 Å². The second-order valence-corrected chi connectivity index (χ2v) is 9.51. The van der Waals surface area contributed by atoms with Crippen LogP contribution in [0.2, 0.25) is 0 Å². The monoisotopic (exact) mass is 441 g/mol. The number of allylic oxidation sites excluding steroid dienone is 1. The molecule has 1 unspecified atom stereocenters. The molecule has 176 valence electrons. The summed E-state index contributed by atoms with van der Waals surface area (Å²) in [5.41, 5.74) is 10.7. The molecule has 0 saturated heterocycles. The average molecular weight is 442 g/mol. The van der Waals surface area contributed by atoms with Gasteiger partial charge in [0.05, 0.1) is 14.2 Å². The van der Waals surface area contributed by atoms with E-state index in [1.165, 1.54) is 24.1 Å². The molecule has 3 aliphatic rings. The van der Waals surface area contributed by atoms with Crippen LogP contribution in [0.3, 0.4) is 0 Å². The number of ether oxygens (including phenoxy) is 2. The minimum Gasteiger partial charge on any atom is -0.496 e. The second kappa shape index (κ2) is 9.71. The lowest BCUT2D eigenvalue weighted by Gasteiger charge is -2.45. The van der Waals surface area contributed by atoms with E-state index in [1.807, 2.05) is 18.2 Å². The van der Waals surface area contributed by atoms with Crippen molar-refractivity contribution in [3.8, 4) is 11.5 Å². The number of nitrogens with two attached hydrogens (primary N) is 1. The molecular formula is C25H39N5O2. The lowest BCUT2D eigenvalue weighted by atomic mass is 9.80. The van der Waals surface area contributed by atoms with Gasteiger partial charge in [-0.3, -0.25) is 5.73 Å². The molecule has 2 aliphatic carbocycles. The summed E-state index contributed by atoms with van der Waals surface area (Å²) in [6.07, 6.45) is 8.92. The molecule has 0 aromatic heterocycles. The smallest absolute Gasteiger partial charge is 0.187 e. The molecular weight excluding hydrogens is 402 g/mol. The van der Waals surface area contributed by atoms with Gasteiger partial charge in [0.1, 0.15) is 17.3 Å². The largest absolute Gasteiger partial charge is 0.496 e. The van der Waals surface area contributed by atoms with Crippen LogP contribution in [0.25, 0.3) is 0 Å². The first-order valence-electron chi connectivity index (χ1n) is 11.9. The summed E-state index contributed by atoms with van der Waals surface area (Å²) in [5, 5.41) is 7.40. The van der Waals surface area contributed by atoms with Crippen LogP contribution in [0.15, 0.2) is 34.5 Å². The maximum Gasteiger partial charge on any atom is 0.187 e. The molecule has 4 N–H and O–H groups in total. The van der Waals surface area contributed by atoms with Gasteiger partial charge in [-0.15, -0.1) is 0 Å². The first kappa shape index (κ1) is 22.9. The van der Waals surface area contributed by atoms with Crippen molar-refractivity contribution in [2.75, 3.05) is 28.3 Å². The number of aliphatic imine (C=N–C) groups is 1. The van der Waals surface area contributed by atoms with Crippen molar-refractivity contribution in [2.45, 2.75) is 69.7 Å². The van der Waals surface area contributed by atoms with Crippen molar-refractivity contribution in [1.82, 2.24) is 15.5 Å². The second-order valence-electron chi connectivity index (χ2n) is 9.51. The number of rotatable bonds is 6. The standard InChI is InChI=1S/C25H39N5O2/c1-30(2)24-19-8-5-6-9-21(19)28-25(26,29-24)17-12-14-18(15-13-17)27-16-20-22(31-3)10-7-11-23(20)32-4/h7,10-11,17-18,27-28H,5-6,8-9,12-16,26H2,1-4H3. The van der Waals surface area contributed by atoms with Crippen LogP contribution in [0.5, 0.6) is 11.5 Å². The van der Waals surface area contributed by atoms with Gasteiger partial charge in [-0.05, 0) is 63.5 Å². The van der Waals surface area contributed by atoms with Crippen LogP contribution in [0.1, 0.15) is 56.9 Å². The number of nitrogens with one attached hydrogen (secondary N) is 2. The molecule has 0 spiro atoms. The van der Waals surface area contributed by atoms with Crippen molar-refractivity contribution in [1.29, 1.82) is 0 Å². The molecule has 1 aromatic carbocycles. The molecule has 1 heterocycles. The minimum atomic E-state index is -0.702. The topological polar surface area (TPSA) is 84.1 Å². The maximum atomic E-state index is 6.94. The molecule has 0 bridgehead atoms. The van der Waals surface area contributed by atoms with E-state index in [0.29, 0.717) is 12.0 Å². The zero-order chi connectivity index (χ0) is 22.7. The normalized spacial score (nSPS) is 27.8. The fourth-order valence-electron chi connectivity index (χ4n) is 5.45. The number of amidine groups is 1. The fraction of sp³-hybridized carbons (Fsp3) is 0.640. The first-order valence-corrected chi connectivity index (χ1v) is 11.9. The molecule has 4 rings (SSSR count). The summed E-state index contributed by atoms with van der Waals surface area (Å²) in [5.74, 6) is 2.42. The molecule has 0 radical (unpaired) electrons. The zero-order valence-corrected chi connectivity index (χ0v) is 20.0. The summed E-state index contributed by atoms with van der Waals surface area (Å²) < 4.78 is 11.1. The summed E-state index contributed by atoms with van der Waals surface area (Å²) in [6, 6.07) is 6.38. The molecule has 32 heavy (non-hydrogen) atoms. The van der Waals surface area contributed by atoms with Crippen molar-refractivity contribution in [3.63, 3.8) is 0 Å². The van der Waals surface area contributed by atoms with Gasteiger partial charge in [-0.1, -0.05) is 6.07 Å². The molecule has 0 amide bonds. The van der Waals surface area contributed by atoms with Gasteiger partial charge >= 0.3 is 0 Å². The maximum absolute atomic E-state index is 6.94. The van der Waals surface area contributed by atoms with E-state index in [0.717, 1.165) is 68.0 Å². The molecule has 1 aromatic rings. The van der Waals surface area contributed by atoms with E-state index in [2.05, 4.69) is 29.6 Å². The van der Waals surface area contributed by atoms with Crippen LogP contribution >= 0.6 is 0 Å². The van der Waals surface area contributed by atoms with Gasteiger partial charge in [0, 0.05) is 49.4 Å². The number of hydrogen-bond acceptors (Lipinski definition) is 7. The Labute approximate surface area is 192 Å². The number of hydrogen-bond donors (Lipinski definition) is 3. The highest BCUT2D eigenvalue weighted by atomic mass is 16.5. The van der Waals surface area contributed by atoms with Gasteiger partial charge in [-0.2, -0.15) is 0 Å². The molecule has 1 saturated carbocycles. The minimum absolute atomic E-state index is 0.326.